The summed E-state index contributed by atoms with van der Waals surface area (Å²) in [6.45, 7) is 2.56. The zero-order valence-corrected chi connectivity index (χ0v) is 18.7. The predicted octanol–water partition coefficient (Wildman–Crippen LogP) is 2.23. The second-order valence-electron chi connectivity index (χ2n) is 8.05. The highest BCUT2D eigenvalue weighted by atomic mass is 16.6. The fraction of sp³-hybridized carbons (Fsp3) is 0.280. The van der Waals surface area contributed by atoms with Crippen LogP contribution in [0.2, 0.25) is 0 Å². The summed E-state index contributed by atoms with van der Waals surface area (Å²) in [5, 5.41) is 2.65. The van der Waals surface area contributed by atoms with Crippen LogP contribution in [0.5, 0.6) is 0 Å². The van der Waals surface area contributed by atoms with Gasteiger partial charge in [-0.1, -0.05) is 36.4 Å². The van der Waals surface area contributed by atoms with E-state index in [2.05, 4.69) is 5.32 Å². The molecule has 9 heteroatoms. The van der Waals surface area contributed by atoms with Gasteiger partial charge in [0.15, 0.2) is 6.61 Å². The fourth-order valence-electron chi connectivity index (χ4n) is 3.78. The minimum atomic E-state index is -0.531. The van der Waals surface area contributed by atoms with E-state index in [1.807, 2.05) is 30.3 Å². The zero-order valence-electron chi connectivity index (χ0n) is 18.7. The van der Waals surface area contributed by atoms with Gasteiger partial charge in [-0.3, -0.25) is 14.5 Å². The van der Waals surface area contributed by atoms with Crippen molar-refractivity contribution in [2.75, 3.05) is 37.7 Å². The Morgan fingerprint density at radius 3 is 2.53 bits per heavy atom. The molecular weight excluding hydrogens is 438 g/mol. The van der Waals surface area contributed by atoms with E-state index in [1.165, 1.54) is 11.8 Å². The van der Waals surface area contributed by atoms with Gasteiger partial charge in [0.05, 0.1) is 18.7 Å². The summed E-state index contributed by atoms with van der Waals surface area (Å²) >= 11 is 0. The zero-order chi connectivity index (χ0) is 24.1. The summed E-state index contributed by atoms with van der Waals surface area (Å²) in [6.07, 6.45) is 1.11. The van der Waals surface area contributed by atoms with Crippen molar-refractivity contribution in [3.8, 4) is 0 Å². The molecule has 0 aromatic heterocycles. The summed E-state index contributed by atoms with van der Waals surface area (Å²) in [6, 6.07) is 16.0. The Kier molecular flexibility index (Phi) is 6.91. The van der Waals surface area contributed by atoms with Gasteiger partial charge in [0.2, 0.25) is 5.91 Å². The van der Waals surface area contributed by atoms with Gasteiger partial charge in [0.25, 0.3) is 5.91 Å². The van der Waals surface area contributed by atoms with E-state index in [1.54, 1.807) is 35.2 Å². The number of carbonyl (C=O) groups excluding carboxylic acids is 4. The van der Waals surface area contributed by atoms with Crippen LogP contribution in [-0.2, 0) is 19.1 Å². The topological polar surface area (TPSA) is 105 Å². The minimum Gasteiger partial charge on any atom is -0.452 e. The first-order valence-corrected chi connectivity index (χ1v) is 10.9. The molecule has 1 atom stereocenters. The second-order valence-corrected chi connectivity index (χ2v) is 8.05. The number of rotatable bonds is 7. The van der Waals surface area contributed by atoms with Crippen molar-refractivity contribution in [1.29, 1.82) is 0 Å². The molecule has 2 aliphatic rings. The van der Waals surface area contributed by atoms with Crippen molar-refractivity contribution in [2.24, 2.45) is 0 Å². The SMILES string of the molecule is CC(=O)NC[C@H]1CN(c2ccc(C3=CCN(C(=O)COC(=O)c4ccccc4)C3)cc2)C(=O)O1. The maximum atomic E-state index is 12.5. The molecule has 2 aromatic carbocycles. The summed E-state index contributed by atoms with van der Waals surface area (Å²) in [4.78, 5) is 50.9. The van der Waals surface area contributed by atoms with Crippen molar-refractivity contribution in [2.45, 2.75) is 13.0 Å². The smallest absolute Gasteiger partial charge is 0.414 e. The largest absolute Gasteiger partial charge is 0.452 e. The Morgan fingerprint density at radius 1 is 1.09 bits per heavy atom. The lowest BCUT2D eigenvalue weighted by molar-refractivity contribution is -0.133. The van der Waals surface area contributed by atoms with Gasteiger partial charge < -0.3 is 19.7 Å². The third-order valence-electron chi connectivity index (χ3n) is 5.61. The van der Waals surface area contributed by atoms with Gasteiger partial charge >= 0.3 is 12.1 Å². The monoisotopic (exact) mass is 463 g/mol. The van der Waals surface area contributed by atoms with Crippen molar-refractivity contribution >= 4 is 35.1 Å². The van der Waals surface area contributed by atoms with E-state index >= 15 is 0 Å². The van der Waals surface area contributed by atoms with Crippen LogP contribution < -0.4 is 10.2 Å². The van der Waals surface area contributed by atoms with Crippen LogP contribution >= 0.6 is 0 Å². The maximum Gasteiger partial charge on any atom is 0.414 e. The molecule has 2 heterocycles. The van der Waals surface area contributed by atoms with Crippen molar-refractivity contribution in [3.05, 3.63) is 71.8 Å². The lowest BCUT2D eigenvalue weighted by atomic mass is 10.1. The fourth-order valence-corrected chi connectivity index (χ4v) is 3.78. The number of hydrogen-bond donors (Lipinski definition) is 1. The molecule has 0 aliphatic carbocycles. The third kappa shape index (κ3) is 5.43. The predicted molar refractivity (Wildman–Crippen MR) is 124 cm³/mol. The molecule has 0 saturated carbocycles. The second kappa shape index (κ2) is 10.2. The quantitative estimate of drug-likeness (QED) is 0.632. The molecule has 9 nitrogen and oxygen atoms in total. The number of ether oxygens (including phenoxy) is 2. The highest BCUT2D eigenvalue weighted by molar-refractivity contribution is 5.92. The van der Waals surface area contributed by atoms with E-state index in [4.69, 9.17) is 9.47 Å². The number of carbonyl (C=O) groups is 4. The molecular formula is C25H25N3O6. The van der Waals surface area contributed by atoms with Crippen molar-refractivity contribution < 1.29 is 28.7 Å². The molecule has 3 amide bonds. The third-order valence-corrected chi connectivity index (χ3v) is 5.61. The van der Waals surface area contributed by atoms with Gasteiger partial charge in [-0.05, 0) is 35.4 Å². The van der Waals surface area contributed by atoms with E-state index in [-0.39, 0.29) is 25.0 Å². The molecule has 34 heavy (non-hydrogen) atoms. The summed E-state index contributed by atoms with van der Waals surface area (Å²) in [5.41, 5.74) is 3.00. The van der Waals surface area contributed by atoms with Crippen molar-refractivity contribution in [3.63, 3.8) is 0 Å². The summed E-state index contributed by atoms with van der Waals surface area (Å²) in [7, 11) is 0. The van der Waals surface area contributed by atoms with Gasteiger partial charge in [0, 0.05) is 25.7 Å². The first-order valence-electron chi connectivity index (χ1n) is 10.9. The Hall–Kier alpha value is -4.14. The van der Waals surface area contributed by atoms with Gasteiger partial charge in [0.1, 0.15) is 6.10 Å². The first-order chi connectivity index (χ1) is 16.4. The number of esters is 1. The molecule has 0 spiro atoms. The van der Waals surface area contributed by atoms with E-state index in [0.29, 0.717) is 30.9 Å². The standard InChI is InChI=1S/C25H25N3O6/c1-17(29)26-13-22-15-28(25(32)34-22)21-9-7-18(8-10-21)20-11-12-27(14-20)23(30)16-33-24(31)19-5-3-2-4-6-19/h2-11,22H,12-16H2,1H3,(H,26,29)/t22-/m0/s1. The molecule has 1 saturated heterocycles. The Bertz CT molecular complexity index is 1110. The number of anilines is 1. The molecule has 2 aromatic rings. The van der Waals surface area contributed by atoms with E-state index in [9.17, 15) is 19.2 Å². The van der Waals surface area contributed by atoms with Crippen molar-refractivity contribution in [1.82, 2.24) is 10.2 Å². The molecule has 176 valence electrons. The van der Waals surface area contributed by atoms with E-state index < -0.39 is 18.2 Å². The average molecular weight is 463 g/mol. The Labute approximate surface area is 196 Å². The number of nitrogens with zero attached hydrogens (tertiary/aromatic N) is 2. The lowest BCUT2D eigenvalue weighted by Crippen LogP contribution is -2.33. The number of cyclic esters (lactones) is 1. The molecule has 1 fully saturated rings. The molecule has 0 radical (unpaired) electrons. The van der Waals surface area contributed by atoms with Gasteiger partial charge in [-0.15, -0.1) is 0 Å². The van der Waals surface area contributed by atoms with Crippen LogP contribution in [0.1, 0.15) is 22.8 Å². The average Bonchev–Trinajstić information content (AvgIpc) is 3.49. The highest BCUT2D eigenvalue weighted by Gasteiger charge is 2.32. The molecule has 0 bridgehead atoms. The van der Waals surface area contributed by atoms with Crippen LogP contribution in [0.15, 0.2) is 60.7 Å². The van der Waals surface area contributed by atoms with Crippen LogP contribution in [0, 0.1) is 0 Å². The van der Waals surface area contributed by atoms with Crippen LogP contribution in [-0.4, -0.2) is 67.7 Å². The highest BCUT2D eigenvalue weighted by Crippen LogP contribution is 2.26. The molecule has 2 aliphatic heterocycles. The minimum absolute atomic E-state index is 0.175. The van der Waals surface area contributed by atoms with E-state index in [0.717, 1.165) is 11.1 Å². The van der Waals surface area contributed by atoms with Crippen LogP contribution in [0.25, 0.3) is 5.57 Å². The van der Waals surface area contributed by atoms with Crippen LogP contribution in [0.3, 0.4) is 0 Å². The number of hydrogen-bond acceptors (Lipinski definition) is 6. The molecule has 4 rings (SSSR count). The number of nitrogens with one attached hydrogen (secondary N) is 1. The summed E-state index contributed by atoms with van der Waals surface area (Å²) in [5.74, 6) is -0.973. The van der Waals surface area contributed by atoms with Gasteiger partial charge in [-0.2, -0.15) is 0 Å². The molecule has 0 unspecified atom stereocenters. The summed E-state index contributed by atoms with van der Waals surface area (Å²) < 4.78 is 10.4. The Morgan fingerprint density at radius 2 is 1.82 bits per heavy atom. The maximum absolute atomic E-state index is 12.5. The Balaban J connectivity index is 1.28. The van der Waals surface area contributed by atoms with Gasteiger partial charge in [-0.25, -0.2) is 9.59 Å². The normalized spacial score (nSPS) is 17.3. The number of amides is 3. The molecule has 1 N–H and O–H groups in total. The lowest BCUT2D eigenvalue weighted by Gasteiger charge is -2.17. The number of benzene rings is 2. The van der Waals surface area contributed by atoms with Crippen LogP contribution in [0.4, 0.5) is 10.5 Å². The first kappa shape index (κ1) is 23.0.